The number of hydrogen-bond acceptors (Lipinski definition) is 1. The Bertz CT molecular complexity index is 475. The Morgan fingerprint density at radius 3 is 2.58 bits per heavy atom. The number of aryl methyl sites for hydroxylation is 1. The number of ketones is 1. The number of Topliss-reactive ketones (excluding diaryl/α,β-unsaturated/α-hetero) is 1. The first-order chi connectivity index (χ1) is 8.87. The fraction of sp³-hybridized carbons (Fsp3) is 0.533. The second-order valence-electron chi connectivity index (χ2n) is 5.37. The standard InChI is InChI=1S/C15H17ClF2O/c1-10-2-3-12(13(16)8-10)9-14(19)11-4-6-15(17,18)7-5-11/h2-3,8,11H,4-7,9H2,1H3. The van der Waals surface area contributed by atoms with Crippen molar-refractivity contribution in [3.63, 3.8) is 0 Å². The third kappa shape index (κ3) is 3.75. The molecule has 1 aromatic carbocycles. The van der Waals surface area contributed by atoms with Crippen molar-refractivity contribution < 1.29 is 13.6 Å². The Hall–Kier alpha value is -0.960. The first-order valence-electron chi connectivity index (χ1n) is 6.53. The summed E-state index contributed by atoms with van der Waals surface area (Å²) in [7, 11) is 0. The zero-order valence-corrected chi connectivity index (χ0v) is 11.6. The fourth-order valence-corrected chi connectivity index (χ4v) is 2.79. The van der Waals surface area contributed by atoms with Crippen molar-refractivity contribution in [1.29, 1.82) is 0 Å². The second-order valence-corrected chi connectivity index (χ2v) is 5.78. The minimum Gasteiger partial charge on any atom is -0.299 e. The molecule has 19 heavy (non-hydrogen) atoms. The molecule has 0 spiro atoms. The summed E-state index contributed by atoms with van der Waals surface area (Å²) in [5.41, 5.74) is 1.83. The minimum atomic E-state index is -2.59. The van der Waals surface area contributed by atoms with Gasteiger partial charge in [-0.15, -0.1) is 0 Å². The minimum absolute atomic E-state index is 0.0289. The maximum atomic E-state index is 13.0. The molecule has 0 aromatic heterocycles. The van der Waals surface area contributed by atoms with E-state index in [1.807, 2.05) is 25.1 Å². The monoisotopic (exact) mass is 286 g/mol. The highest BCUT2D eigenvalue weighted by atomic mass is 35.5. The molecule has 1 aliphatic rings. The number of carbonyl (C=O) groups is 1. The predicted octanol–water partition coefficient (Wildman–Crippen LogP) is 4.59. The van der Waals surface area contributed by atoms with Crippen LogP contribution in [0.1, 0.15) is 36.8 Å². The van der Waals surface area contributed by atoms with Crippen LogP contribution in [0.25, 0.3) is 0 Å². The largest absolute Gasteiger partial charge is 0.299 e. The molecule has 0 atom stereocenters. The third-order valence-corrected chi connectivity index (χ3v) is 4.10. The lowest BCUT2D eigenvalue weighted by molar-refractivity contribution is -0.126. The van der Waals surface area contributed by atoms with Gasteiger partial charge in [-0.2, -0.15) is 0 Å². The molecule has 2 rings (SSSR count). The van der Waals surface area contributed by atoms with Crippen LogP contribution in [-0.4, -0.2) is 11.7 Å². The van der Waals surface area contributed by atoms with Crippen LogP contribution in [0.2, 0.25) is 5.02 Å². The predicted molar refractivity (Wildman–Crippen MR) is 71.8 cm³/mol. The van der Waals surface area contributed by atoms with E-state index in [2.05, 4.69) is 0 Å². The summed E-state index contributed by atoms with van der Waals surface area (Å²) in [6, 6.07) is 5.57. The van der Waals surface area contributed by atoms with Crippen molar-refractivity contribution in [3.8, 4) is 0 Å². The molecule has 0 heterocycles. The van der Waals surface area contributed by atoms with Gasteiger partial charge < -0.3 is 0 Å². The van der Waals surface area contributed by atoms with E-state index in [1.165, 1.54) is 0 Å². The summed E-state index contributed by atoms with van der Waals surface area (Å²) in [4.78, 5) is 12.1. The molecule has 0 amide bonds. The number of rotatable bonds is 3. The topological polar surface area (TPSA) is 17.1 Å². The summed E-state index contributed by atoms with van der Waals surface area (Å²) >= 11 is 6.09. The Labute approximate surface area is 117 Å². The smallest absolute Gasteiger partial charge is 0.248 e. The van der Waals surface area contributed by atoms with Gasteiger partial charge in [-0.3, -0.25) is 4.79 Å². The van der Waals surface area contributed by atoms with Gasteiger partial charge in [-0.25, -0.2) is 8.78 Å². The second kappa shape index (κ2) is 5.58. The van der Waals surface area contributed by atoms with Gasteiger partial charge in [0.25, 0.3) is 0 Å². The van der Waals surface area contributed by atoms with E-state index in [-0.39, 0.29) is 43.8 Å². The van der Waals surface area contributed by atoms with E-state index in [1.54, 1.807) is 0 Å². The molecule has 0 aliphatic heterocycles. The summed E-state index contributed by atoms with van der Waals surface area (Å²) < 4.78 is 26.1. The zero-order valence-electron chi connectivity index (χ0n) is 10.9. The molecule has 1 aromatic rings. The van der Waals surface area contributed by atoms with E-state index >= 15 is 0 Å². The van der Waals surface area contributed by atoms with Crippen molar-refractivity contribution in [3.05, 3.63) is 34.3 Å². The maximum absolute atomic E-state index is 13.0. The van der Waals surface area contributed by atoms with Gasteiger partial charge in [0.05, 0.1) is 0 Å². The van der Waals surface area contributed by atoms with Gasteiger partial charge in [0, 0.05) is 30.2 Å². The van der Waals surface area contributed by atoms with Crippen LogP contribution >= 0.6 is 11.6 Å². The highest BCUT2D eigenvalue weighted by Gasteiger charge is 2.37. The quantitative estimate of drug-likeness (QED) is 0.794. The molecule has 0 bridgehead atoms. The highest BCUT2D eigenvalue weighted by Crippen LogP contribution is 2.37. The van der Waals surface area contributed by atoms with E-state index in [0.29, 0.717) is 5.02 Å². The van der Waals surface area contributed by atoms with E-state index in [9.17, 15) is 13.6 Å². The van der Waals surface area contributed by atoms with Crippen LogP contribution in [0.15, 0.2) is 18.2 Å². The van der Waals surface area contributed by atoms with Crippen LogP contribution in [0.4, 0.5) is 8.78 Å². The molecule has 104 valence electrons. The number of benzene rings is 1. The van der Waals surface area contributed by atoms with Gasteiger partial charge in [0.15, 0.2) is 0 Å². The van der Waals surface area contributed by atoms with Crippen LogP contribution in [0, 0.1) is 12.8 Å². The SMILES string of the molecule is Cc1ccc(CC(=O)C2CCC(F)(F)CC2)c(Cl)c1. The molecule has 1 saturated carbocycles. The molecule has 1 fully saturated rings. The molecular formula is C15H17ClF2O. The number of carbonyl (C=O) groups excluding carboxylic acids is 1. The van der Waals surface area contributed by atoms with Gasteiger partial charge >= 0.3 is 0 Å². The molecule has 0 radical (unpaired) electrons. The van der Waals surface area contributed by atoms with Crippen LogP contribution in [0.3, 0.4) is 0 Å². The van der Waals surface area contributed by atoms with Crippen molar-refractivity contribution in [2.45, 2.75) is 45.0 Å². The molecule has 4 heteroatoms. The van der Waals surface area contributed by atoms with Crippen molar-refractivity contribution >= 4 is 17.4 Å². The lowest BCUT2D eigenvalue weighted by Gasteiger charge is -2.27. The van der Waals surface area contributed by atoms with Crippen LogP contribution < -0.4 is 0 Å². The maximum Gasteiger partial charge on any atom is 0.248 e. The summed E-state index contributed by atoms with van der Waals surface area (Å²) in [5, 5.41) is 0.578. The lowest BCUT2D eigenvalue weighted by Crippen LogP contribution is -2.29. The van der Waals surface area contributed by atoms with Gasteiger partial charge in [0.2, 0.25) is 5.92 Å². The Balaban J connectivity index is 1.98. The summed E-state index contributed by atoms with van der Waals surface area (Å²) in [5.74, 6) is -2.79. The Morgan fingerprint density at radius 1 is 1.37 bits per heavy atom. The summed E-state index contributed by atoms with van der Waals surface area (Å²) in [6.07, 6.45) is 0.468. The van der Waals surface area contributed by atoms with E-state index < -0.39 is 5.92 Å². The molecule has 1 nitrogen and oxygen atoms in total. The number of halogens is 3. The molecule has 0 saturated heterocycles. The number of alkyl halides is 2. The first kappa shape index (κ1) is 14.4. The van der Waals surface area contributed by atoms with Crippen molar-refractivity contribution in [2.75, 3.05) is 0 Å². The Kier molecular flexibility index (Phi) is 4.24. The van der Waals surface area contributed by atoms with Crippen LogP contribution in [0.5, 0.6) is 0 Å². The van der Waals surface area contributed by atoms with Gasteiger partial charge in [-0.1, -0.05) is 23.7 Å². The molecule has 0 N–H and O–H groups in total. The third-order valence-electron chi connectivity index (χ3n) is 3.75. The lowest BCUT2D eigenvalue weighted by atomic mass is 9.82. The zero-order chi connectivity index (χ0) is 14.0. The van der Waals surface area contributed by atoms with Gasteiger partial charge in [-0.05, 0) is 37.0 Å². The van der Waals surface area contributed by atoms with E-state index in [4.69, 9.17) is 11.6 Å². The fourth-order valence-electron chi connectivity index (χ4n) is 2.49. The molecule has 1 aliphatic carbocycles. The average molecular weight is 287 g/mol. The van der Waals surface area contributed by atoms with Crippen molar-refractivity contribution in [2.24, 2.45) is 5.92 Å². The average Bonchev–Trinajstić information content (AvgIpc) is 2.32. The number of hydrogen-bond donors (Lipinski definition) is 0. The Morgan fingerprint density at radius 2 is 2.00 bits per heavy atom. The van der Waals surface area contributed by atoms with Gasteiger partial charge in [0.1, 0.15) is 5.78 Å². The highest BCUT2D eigenvalue weighted by molar-refractivity contribution is 6.31. The van der Waals surface area contributed by atoms with Crippen molar-refractivity contribution in [1.82, 2.24) is 0 Å². The van der Waals surface area contributed by atoms with E-state index in [0.717, 1.165) is 11.1 Å². The normalized spacial score (nSPS) is 19.4. The molecule has 0 unspecified atom stereocenters. The van der Waals surface area contributed by atoms with Crippen LogP contribution in [-0.2, 0) is 11.2 Å². The first-order valence-corrected chi connectivity index (χ1v) is 6.91. The molecular weight excluding hydrogens is 270 g/mol. The summed E-state index contributed by atoms with van der Waals surface area (Å²) in [6.45, 7) is 1.93.